The van der Waals surface area contributed by atoms with E-state index in [-0.39, 0.29) is 18.6 Å². The van der Waals surface area contributed by atoms with E-state index in [1.54, 1.807) is 34.6 Å². The molecule has 2 amide bonds. The summed E-state index contributed by atoms with van der Waals surface area (Å²) in [6.45, 7) is 8.79. The molecule has 3 N–H and O–H groups in total. The molecule has 1 heterocycles. The first-order valence-corrected chi connectivity index (χ1v) is 7.21. The molecule has 0 aliphatic carbocycles. The number of rotatable bonds is 5. The maximum atomic E-state index is 12.2. The van der Waals surface area contributed by atoms with Crippen molar-refractivity contribution in [2.24, 2.45) is 5.73 Å². The molecule has 128 valence electrons. The van der Waals surface area contributed by atoms with Gasteiger partial charge in [0.05, 0.1) is 30.0 Å². The zero-order valence-corrected chi connectivity index (χ0v) is 14.1. The van der Waals surface area contributed by atoms with E-state index in [4.69, 9.17) is 15.2 Å². The van der Waals surface area contributed by atoms with Crippen LogP contribution in [0.5, 0.6) is 0 Å². The van der Waals surface area contributed by atoms with Crippen LogP contribution in [0.2, 0.25) is 0 Å². The molecule has 8 heteroatoms. The van der Waals surface area contributed by atoms with E-state index >= 15 is 0 Å². The number of carbonyl (C=O) groups is 3. The van der Waals surface area contributed by atoms with Crippen LogP contribution in [0.25, 0.3) is 0 Å². The highest BCUT2D eigenvalue weighted by atomic mass is 16.6. The topological polar surface area (TPSA) is 113 Å². The molecule has 0 atom stereocenters. The molecule has 0 saturated heterocycles. The van der Waals surface area contributed by atoms with Crippen LogP contribution in [0.4, 0.5) is 4.79 Å². The minimum Gasteiger partial charge on any atom is -0.466 e. The van der Waals surface area contributed by atoms with Crippen molar-refractivity contribution in [1.29, 1.82) is 0 Å². The molecule has 0 fully saturated rings. The Hall–Kier alpha value is -2.51. The SMILES string of the molecule is CCOC(=O)Cc1cc(C(=O)OC(C)(C)C)c(C)n1NC(N)=O. The van der Waals surface area contributed by atoms with Gasteiger partial charge in [0, 0.05) is 0 Å². The first-order chi connectivity index (χ1) is 10.5. The number of esters is 2. The molecule has 0 radical (unpaired) electrons. The number of ether oxygens (including phenoxy) is 2. The first kappa shape index (κ1) is 18.5. The molecule has 0 saturated carbocycles. The molecule has 0 unspecified atom stereocenters. The Morgan fingerprint density at radius 1 is 1.30 bits per heavy atom. The summed E-state index contributed by atoms with van der Waals surface area (Å²) in [4.78, 5) is 35.1. The summed E-state index contributed by atoms with van der Waals surface area (Å²) in [5, 5.41) is 0. The predicted octanol–water partition coefficient (Wildman–Crippen LogP) is 1.48. The Morgan fingerprint density at radius 2 is 1.91 bits per heavy atom. The highest BCUT2D eigenvalue weighted by molar-refractivity contribution is 5.92. The van der Waals surface area contributed by atoms with Gasteiger partial charge >= 0.3 is 18.0 Å². The summed E-state index contributed by atoms with van der Waals surface area (Å²) in [5.74, 6) is -1.03. The highest BCUT2D eigenvalue weighted by Crippen LogP contribution is 2.19. The summed E-state index contributed by atoms with van der Waals surface area (Å²) >= 11 is 0. The van der Waals surface area contributed by atoms with E-state index in [1.165, 1.54) is 10.7 Å². The number of hydrogen-bond acceptors (Lipinski definition) is 5. The van der Waals surface area contributed by atoms with Crippen molar-refractivity contribution in [3.63, 3.8) is 0 Å². The number of carbonyl (C=O) groups excluding carboxylic acids is 3. The molecule has 1 aromatic heterocycles. The summed E-state index contributed by atoms with van der Waals surface area (Å²) in [7, 11) is 0. The zero-order valence-electron chi connectivity index (χ0n) is 14.1. The van der Waals surface area contributed by atoms with E-state index in [1.807, 2.05) is 0 Å². The fraction of sp³-hybridized carbons (Fsp3) is 0.533. The first-order valence-electron chi connectivity index (χ1n) is 7.21. The van der Waals surface area contributed by atoms with Gasteiger partial charge in [0.25, 0.3) is 0 Å². The van der Waals surface area contributed by atoms with Gasteiger partial charge in [-0.15, -0.1) is 0 Å². The molecule has 0 aromatic carbocycles. The van der Waals surface area contributed by atoms with Crippen molar-refractivity contribution in [3.05, 3.63) is 23.0 Å². The van der Waals surface area contributed by atoms with Gasteiger partial charge in [-0.3, -0.25) is 9.47 Å². The molecular weight excluding hydrogens is 302 g/mol. The average molecular weight is 325 g/mol. The second-order valence-electron chi connectivity index (χ2n) is 5.93. The fourth-order valence-corrected chi connectivity index (χ4v) is 1.97. The maximum absolute atomic E-state index is 12.2. The van der Waals surface area contributed by atoms with Crippen LogP contribution in [0.15, 0.2) is 6.07 Å². The van der Waals surface area contributed by atoms with Crippen LogP contribution >= 0.6 is 0 Å². The summed E-state index contributed by atoms with van der Waals surface area (Å²) in [6, 6.07) is 0.667. The second kappa shape index (κ2) is 7.17. The number of nitrogens with zero attached hydrogens (tertiary/aromatic N) is 1. The monoisotopic (exact) mass is 325 g/mol. The van der Waals surface area contributed by atoms with Crippen molar-refractivity contribution in [2.45, 2.75) is 46.6 Å². The van der Waals surface area contributed by atoms with Gasteiger partial charge in [0.15, 0.2) is 0 Å². The van der Waals surface area contributed by atoms with E-state index in [0.29, 0.717) is 11.4 Å². The van der Waals surface area contributed by atoms with Crippen molar-refractivity contribution in [1.82, 2.24) is 4.68 Å². The van der Waals surface area contributed by atoms with Crippen LogP contribution in [0, 0.1) is 6.92 Å². The van der Waals surface area contributed by atoms with E-state index in [0.717, 1.165) is 0 Å². The summed E-state index contributed by atoms with van der Waals surface area (Å²) < 4.78 is 11.5. The minimum absolute atomic E-state index is 0.113. The number of nitrogens with one attached hydrogen (secondary N) is 1. The lowest BCUT2D eigenvalue weighted by molar-refractivity contribution is -0.142. The third-order valence-electron chi connectivity index (χ3n) is 2.79. The van der Waals surface area contributed by atoms with Crippen molar-refractivity contribution >= 4 is 18.0 Å². The van der Waals surface area contributed by atoms with E-state index < -0.39 is 23.6 Å². The molecule has 23 heavy (non-hydrogen) atoms. The highest BCUT2D eigenvalue weighted by Gasteiger charge is 2.24. The molecule has 1 rings (SSSR count). The molecule has 0 aliphatic rings. The Balaban J connectivity index is 3.18. The Bertz CT molecular complexity index is 613. The number of amides is 2. The Labute approximate surface area is 134 Å². The van der Waals surface area contributed by atoms with Crippen LogP contribution in [-0.4, -0.2) is 34.9 Å². The number of hydrogen-bond donors (Lipinski definition) is 2. The van der Waals surface area contributed by atoms with Gasteiger partial charge in [-0.2, -0.15) is 0 Å². The van der Waals surface area contributed by atoms with Crippen LogP contribution in [-0.2, 0) is 20.7 Å². The zero-order chi connectivity index (χ0) is 17.8. The third kappa shape index (κ3) is 5.32. The molecule has 0 spiro atoms. The largest absolute Gasteiger partial charge is 0.466 e. The lowest BCUT2D eigenvalue weighted by Crippen LogP contribution is -2.31. The van der Waals surface area contributed by atoms with Gasteiger partial charge < -0.3 is 15.2 Å². The summed E-state index contributed by atoms with van der Waals surface area (Å²) in [6.07, 6.45) is -0.113. The molecule has 0 aliphatic heterocycles. The normalized spacial score (nSPS) is 11.0. The van der Waals surface area contributed by atoms with Crippen molar-refractivity contribution < 1.29 is 23.9 Å². The smallest absolute Gasteiger partial charge is 0.340 e. The van der Waals surface area contributed by atoms with Gasteiger partial charge in [-0.1, -0.05) is 0 Å². The second-order valence-corrected chi connectivity index (χ2v) is 5.93. The maximum Gasteiger partial charge on any atom is 0.340 e. The standard InChI is InChI=1S/C15H23N3O5/c1-6-22-12(19)8-10-7-11(13(20)23-15(3,4)5)9(2)18(10)17-14(16)21/h7H,6,8H2,1-5H3,(H3,16,17,21). The molecule has 0 bridgehead atoms. The molecule has 1 aromatic rings. The lowest BCUT2D eigenvalue weighted by atomic mass is 10.2. The number of aromatic nitrogens is 1. The number of nitrogens with two attached hydrogens (primary N) is 1. The van der Waals surface area contributed by atoms with Crippen LogP contribution < -0.4 is 11.2 Å². The molecular formula is C15H23N3O5. The molecule has 8 nitrogen and oxygen atoms in total. The van der Waals surface area contributed by atoms with Crippen LogP contribution in [0.1, 0.15) is 49.4 Å². The third-order valence-corrected chi connectivity index (χ3v) is 2.79. The number of urea groups is 1. The lowest BCUT2D eigenvalue weighted by Gasteiger charge is -2.19. The van der Waals surface area contributed by atoms with Gasteiger partial charge in [-0.05, 0) is 40.7 Å². The van der Waals surface area contributed by atoms with Crippen molar-refractivity contribution in [3.8, 4) is 0 Å². The summed E-state index contributed by atoms with van der Waals surface area (Å²) in [5.41, 5.74) is 7.87. The van der Waals surface area contributed by atoms with Crippen LogP contribution in [0.3, 0.4) is 0 Å². The Morgan fingerprint density at radius 3 is 2.39 bits per heavy atom. The van der Waals surface area contributed by atoms with E-state index in [9.17, 15) is 14.4 Å². The van der Waals surface area contributed by atoms with Gasteiger partial charge in [0.1, 0.15) is 5.60 Å². The van der Waals surface area contributed by atoms with Gasteiger partial charge in [0.2, 0.25) is 0 Å². The number of primary amides is 1. The van der Waals surface area contributed by atoms with Gasteiger partial charge in [-0.25, -0.2) is 15.0 Å². The van der Waals surface area contributed by atoms with Crippen molar-refractivity contribution in [2.75, 3.05) is 12.0 Å². The van der Waals surface area contributed by atoms with E-state index in [2.05, 4.69) is 5.43 Å². The predicted molar refractivity (Wildman–Crippen MR) is 83.6 cm³/mol. The quantitative estimate of drug-likeness (QED) is 0.796. The minimum atomic E-state index is -0.815. The average Bonchev–Trinajstić information content (AvgIpc) is 2.65. The fourth-order valence-electron chi connectivity index (χ4n) is 1.97. The Kier molecular flexibility index (Phi) is 5.78.